The number of hydrogen-bond acceptors (Lipinski definition) is 11. The second kappa shape index (κ2) is 16.8. The number of carbonyl (C=O) groups excluding carboxylic acids is 2. The predicted molar refractivity (Wildman–Crippen MR) is 205 cm³/mol. The maximum atomic E-state index is 15.5. The Morgan fingerprint density at radius 3 is 2.32 bits per heavy atom. The molecule has 59 heavy (non-hydrogen) atoms. The van der Waals surface area contributed by atoms with Crippen LogP contribution in [0.1, 0.15) is 68.9 Å². The van der Waals surface area contributed by atoms with Gasteiger partial charge in [0.25, 0.3) is 0 Å². The predicted octanol–water partition coefficient (Wildman–Crippen LogP) is 5.00. The van der Waals surface area contributed by atoms with E-state index in [0.29, 0.717) is 50.0 Å². The van der Waals surface area contributed by atoms with Crippen LogP contribution in [0.25, 0.3) is 0 Å². The number of carbonyl (C=O) groups is 2. The van der Waals surface area contributed by atoms with Gasteiger partial charge in [-0.25, -0.2) is 31.3 Å². The second-order valence-electron chi connectivity index (χ2n) is 16.1. The number of benzene rings is 2. The lowest BCUT2D eigenvalue weighted by Gasteiger charge is -2.39. The third kappa shape index (κ3) is 9.92. The number of piperidine rings is 4. The molecule has 2 aromatic carbocycles. The fourth-order valence-electron chi connectivity index (χ4n) is 8.22. The van der Waals surface area contributed by atoms with Crippen molar-refractivity contribution in [2.45, 2.75) is 86.7 Å². The van der Waals surface area contributed by atoms with Gasteiger partial charge in [-0.1, -0.05) is 6.07 Å². The van der Waals surface area contributed by atoms with Crippen LogP contribution in [0.5, 0.6) is 0 Å². The summed E-state index contributed by atoms with van der Waals surface area (Å²) in [6.07, 6.45) is -3.21. The second-order valence-corrected chi connectivity index (χ2v) is 17.8. The largest absolute Gasteiger partial charge is 0.421 e. The Hall–Kier alpha value is -4.53. The first kappa shape index (κ1) is 42.6. The number of aromatic nitrogens is 2. The molecule has 3 aromatic rings. The molecule has 0 bridgehead atoms. The van der Waals surface area contributed by atoms with Gasteiger partial charge in [0.05, 0.1) is 33.8 Å². The van der Waals surface area contributed by atoms with E-state index in [0.717, 1.165) is 31.0 Å². The van der Waals surface area contributed by atoms with E-state index in [1.165, 1.54) is 11.0 Å². The summed E-state index contributed by atoms with van der Waals surface area (Å²) in [4.78, 5) is 36.2. The summed E-state index contributed by atoms with van der Waals surface area (Å²) in [7, 11) is -4.38. The molecule has 0 spiro atoms. The lowest BCUT2D eigenvalue weighted by molar-refractivity contribution is -0.138. The third-order valence-corrected chi connectivity index (χ3v) is 13.2. The molecule has 0 aliphatic carbocycles. The summed E-state index contributed by atoms with van der Waals surface area (Å²) in [6.45, 7) is 3.89. The van der Waals surface area contributed by atoms with Crippen LogP contribution < -0.4 is 25.2 Å². The highest BCUT2D eigenvalue weighted by Crippen LogP contribution is 2.38. The van der Waals surface area contributed by atoms with Crippen LogP contribution in [0.4, 0.5) is 49.5 Å². The fraction of sp³-hybridized carbons (Fsp3) is 0.538. The van der Waals surface area contributed by atoms with Crippen molar-refractivity contribution in [1.82, 2.24) is 24.9 Å². The van der Waals surface area contributed by atoms with Crippen LogP contribution in [-0.2, 0) is 25.8 Å². The van der Waals surface area contributed by atoms with Gasteiger partial charge in [0, 0.05) is 51.9 Å². The maximum Gasteiger partial charge on any atom is 0.421 e. The topological polar surface area (TPSA) is 160 Å². The maximum absolute atomic E-state index is 15.5. The highest BCUT2D eigenvalue weighted by Gasteiger charge is 2.39. The number of amides is 2. The van der Waals surface area contributed by atoms with Crippen molar-refractivity contribution < 1.29 is 49.5 Å². The number of sulfonamides is 1. The van der Waals surface area contributed by atoms with E-state index in [9.17, 15) is 36.3 Å². The fourth-order valence-corrected chi connectivity index (χ4v) is 9.53. The van der Waals surface area contributed by atoms with Crippen molar-refractivity contribution in [3.8, 4) is 0 Å². The minimum Gasteiger partial charge on any atom is -0.390 e. The SMILES string of the molecule is CC1(O)CCN(c2nc(Nc3ccc(S(=O)(=O)N[C@@H]4CCN(CC5CCN(c6ccc(C7CCC(=O)NC7=O)cc6F)CC5)C[C@@H]4F)cc3F)ncc2C(F)(F)F)CC1. The number of halogens is 6. The molecule has 3 atom stereocenters. The average Bonchev–Trinajstić information content (AvgIpc) is 3.16. The van der Waals surface area contributed by atoms with Gasteiger partial charge in [-0.15, -0.1) is 0 Å². The molecule has 320 valence electrons. The molecule has 2 amide bonds. The molecular formula is C39H46F6N8O5S. The summed E-state index contributed by atoms with van der Waals surface area (Å²) in [5.41, 5.74) is -1.48. The molecule has 0 radical (unpaired) electrons. The van der Waals surface area contributed by atoms with Crippen molar-refractivity contribution in [3.63, 3.8) is 0 Å². The summed E-state index contributed by atoms with van der Waals surface area (Å²) >= 11 is 0. The standard InChI is InChI=1S/C39H46F6N8O5S/c1-38(56)11-16-53(17-12-38)35-27(39(43,44)45)20-46-37(49-35)47-31-5-3-25(19-28(31)40)59(57,58)50-32-10-13-51(22-30(32)42)21-23-8-14-52(15-9-23)33-6-2-24(18-29(33)41)26-4-7-34(54)48-36(26)55/h2-3,5-6,18-20,23,26,30,32,50,56H,4,7-17,21-22H2,1H3,(H,46,47,49)(H,48,54,55)/t26?,30-,32+/m0/s1. The monoisotopic (exact) mass is 852 g/mol. The Balaban J connectivity index is 0.906. The highest BCUT2D eigenvalue weighted by molar-refractivity contribution is 7.89. The van der Waals surface area contributed by atoms with Crippen molar-refractivity contribution in [2.75, 3.05) is 60.9 Å². The molecule has 1 unspecified atom stereocenters. The Morgan fingerprint density at radius 2 is 1.68 bits per heavy atom. The van der Waals surface area contributed by atoms with E-state index < -0.39 is 73.8 Å². The quantitative estimate of drug-likeness (QED) is 0.161. The molecular weight excluding hydrogens is 807 g/mol. The van der Waals surface area contributed by atoms with Crippen molar-refractivity contribution in [1.29, 1.82) is 0 Å². The van der Waals surface area contributed by atoms with Crippen LogP contribution >= 0.6 is 0 Å². The Labute approximate surface area is 337 Å². The van der Waals surface area contributed by atoms with Crippen molar-refractivity contribution >= 4 is 45.0 Å². The molecule has 4 saturated heterocycles. The normalized spacial score (nSPS) is 23.6. The van der Waals surface area contributed by atoms with Crippen LogP contribution in [0.15, 0.2) is 47.5 Å². The van der Waals surface area contributed by atoms with Gasteiger partial charge in [0.2, 0.25) is 27.8 Å². The number of likely N-dealkylation sites (tertiary alicyclic amines) is 1. The van der Waals surface area contributed by atoms with E-state index in [1.807, 2.05) is 9.80 Å². The lowest BCUT2D eigenvalue weighted by Crippen LogP contribution is -2.53. The third-order valence-electron chi connectivity index (χ3n) is 11.7. The van der Waals surface area contributed by atoms with E-state index in [4.69, 9.17) is 0 Å². The summed E-state index contributed by atoms with van der Waals surface area (Å²) in [5.74, 6) is -3.44. The smallest absolute Gasteiger partial charge is 0.390 e. The summed E-state index contributed by atoms with van der Waals surface area (Å²) in [5, 5.41) is 15.1. The number of imide groups is 1. The molecule has 0 saturated carbocycles. The van der Waals surface area contributed by atoms with Gasteiger partial charge in [0.15, 0.2) is 0 Å². The Morgan fingerprint density at radius 1 is 0.949 bits per heavy atom. The highest BCUT2D eigenvalue weighted by atomic mass is 32.2. The van der Waals surface area contributed by atoms with Gasteiger partial charge in [-0.05, 0) is 93.8 Å². The van der Waals surface area contributed by atoms with E-state index in [-0.39, 0.29) is 68.8 Å². The van der Waals surface area contributed by atoms with Crippen molar-refractivity contribution in [2.24, 2.45) is 5.92 Å². The summed E-state index contributed by atoms with van der Waals surface area (Å²) in [6, 6.07) is 6.54. The number of nitrogens with zero attached hydrogens (tertiary/aromatic N) is 5. The zero-order valence-electron chi connectivity index (χ0n) is 32.2. The van der Waals surface area contributed by atoms with Crippen molar-refractivity contribution in [3.05, 3.63) is 65.4 Å². The van der Waals surface area contributed by atoms with Gasteiger partial charge >= 0.3 is 6.18 Å². The van der Waals surface area contributed by atoms with E-state index >= 15 is 13.2 Å². The molecule has 4 N–H and O–H groups in total. The lowest BCUT2D eigenvalue weighted by atomic mass is 9.90. The van der Waals surface area contributed by atoms with E-state index in [2.05, 4.69) is 25.3 Å². The zero-order valence-corrected chi connectivity index (χ0v) is 33.1. The van der Waals surface area contributed by atoms with Gasteiger partial charge in [-0.2, -0.15) is 18.2 Å². The number of aliphatic hydroxyl groups is 1. The number of alkyl halides is 4. The van der Waals surface area contributed by atoms with Gasteiger partial charge < -0.3 is 25.1 Å². The van der Waals surface area contributed by atoms with Crippen LogP contribution in [0.2, 0.25) is 0 Å². The molecule has 13 nitrogen and oxygen atoms in total. The van der Waals surface area contributed by atoms with Crippen LogP contribution in [0, 0.1) is 17.6 Å². The number of nitrogens with one attached hydrogen (secondary N) is 3. The van der Waals surface area contributed by atoms with Gasteiger partial charge in [-0.3, -0.25) is 14.9 Å². The zero-order chi connectivity index (χ0) is 42.3. The molecule has 4 aliphatic heterocycles. The molecule has 4 aliphatic rings. The summed E-state index contributed by atoms with van der Waals surface area (Å²) < 4.78 is 116. The molecule has 20 heteroatoms. The first-order chi connectivity index (χ1) is 27.8. The molecule has 4 fully saturated rings. The minimum absolute atomic E-state index is 0.0209. The van der Waals surface area contributed by atoms with Crippen LogP contribution in [0.3, 0.4) is 0 Å². The first-order valence-corrected chi connectivity index (χ1v) is 21.1. The Kier molecular flexibility index (Phi) is 12.2. The van der Waals surface area contributed by atoms with Gasteiger partial charge in [0.1, 0.15) is 29.2 Å². The number of rotatable bonds is 10. The first-order valence-electron chi connectivity index (χ1n) is 19.6. The minimum atomic E-state index is -4.78. The molecule has 5 heterocycles. The van der Waals surface area contributed by atoms with Crippen LogP contribution in [-0.4, -0.2) is 104 Å². The van der Waals surface area contributed by atoms with E-state index in [1.54, 1.807) is 19.1 Å². The molecule has 7 rings (SSSR count). The number of hydrogen-bond donors (Lipinski definition) is 4. The molecule has 1 aromatic heterocycles. The Bertz CT molecular complexity index is 2160. The average molecular weight is 853 g/mol. The number of anilines is 4.